The molecule has 0 aliphatic carbocycles. The third-order valence-corrected chi connectivity index (χ3v) is 6.16. The summed E-state index contributed by atoms with van der Waals surface area (Å²) in [6.07, 6.45) is 3.99. The van der Waals surface area contributed by atoms with E-state index < -0.39 is 10.0 Å². The fourth-order valence-corrected chi connectivity index (χ4v) is 4.63. The van der Waals surface area contributed by atoms with Crippen molar-refractivity contribution in [2.45, 2.75) is 63.3 Å². The van der Waals surface area contributed by atoms with Crippen LogP contribution in [0.3, 0.4) is 0 Å². The van der Waals surface area contributed by atoms with Crippen molar-refractivity contribution >= 4 is 10.0 Å². The van der Waals surface area contributed by atoms with Gasteiger partial charge in [0, 0.05) is 12.6 Å². The second-order valence-corrected chi connectivity index (χ2v) is 7.79. The highest BCUT2D eigenvalue weighted by atomic mass is 32.2. The molecule has 4 heteroatoms. The van der Waals surface area contributed by atoms with Crippen molar-refractivity contribution in [3.8, 4) is 0 Å². The minimum absolute atomic E-state index is 0.165. The standard InChI is InChI=1S/C16H25NO2S/c1-4-15-7-5-6-12-17(15)20(18,19)16-10-8-14(9-11-16)13(2)3/h8-11,13,15H,4-7,12H2,1-3H3. The zero-order valence-electron chi connectivity index (χ0n) is 12.7. The lowest BCUT2D eigenvalue weighted by Crippen LogP contribution is -2.43. The SMILES string of the molecule is CCC1CCCCN1S(=O)(=O)c1ccc(C(C)C)cc1. The molecule has 3 nitrogen and oxygen atoms in total. The number of benzene rings is 1. The number of hydrogen-bond acceptors (Lipinski definition) is 2. The quantitative estimate of drug-likeness (QED) is 0.848. The molecule has 0 radical (unpaired) electrons. The molecule has 20 heavy (non-hydrogen) atoms. The predicted octanol–water partition coefficient (Wildman–Crippen LogP) is 3.76. The van der Waals surface area contributed by atoms with Gasteiger partial charge in [-0.15, -0.1) is 0 Å². The van der Waals surface area contributed by atoms with E-state index in [2.05, 4.69) is 20.8 Å². The van der Waals surface area contributed by atoms with Crippen LogP contribution in [0.15, 0.2) is 29.2 Å². The monoisotopic (exact) mass is 295 g/mol. The van der Waals surface area contributed by atoms with E-state index >= 15 is 0 Å². The molecular formula is C16H25NO2S. The summed E-state index contributed by atoms with van der Waals surface area (Å²) < 4.78 is 27.2. The van der Waals surface area contributed by atoms with Crippen LogP contribution in [0, 0.1) is 0 Å². The molecule has 1 fully saturated rings. The first-order valence-corrected chi connectivity index (χ1v) is 9.02. The van der Waals surface area contributed by atoms with Crippen LogP contribution in [0.1, 0.15) is 57.9 Å². The van der Waals surface area contributed by atoms with Crippen LogP contribution in [0.4, 0.5) is 0 Å². The Morgan fingerprint density at radius 3 is 2.40 bits per heavy atom. The second kappa shape index (κ2) is 6.27. The second-order valence-electron chi connectivity index (χ2n) is 5.90. The van der Waals surface area contributed by atoms with Gasteiger partial charge in [-0.2, -0.15) is 4.31 Å². The van der Waals surface area contributed by atoms with Gasteiger partial charge in [-0.1, -0.05) is 39.3 Å². The highest BCUT2D eigenvalue weighted by Crippen LogP contribution is 2.27. The van der Waals surface area contributed by atoms with Crippen molar-refractivity contribution in [1.82, 2.24) is 4.31 Å². The van der Waals surface area contributed by atoms with E-state index in [1.807, 2.05) is 12.1 Å². The first kappa shape index (κ1) is 15.5. The molecule has 1 atom stereocenters. The van der Waals surface area contributed by atoms with Crippen molar-refractivity contribution in [2.24, 2.45) is 0 Å². The largest absolute Gasteiger partial charge is 0.243 e. The Labute approximate surface area is 123 Å². The molecule has 2 rings (SSSR count). The number of nitrogens with zero attached hydrogens (tertiary/aromatic N) is 1. The molecule has 0 amide bonds. The number of rotatable bonds is 4. The average molecular weight is 295 g/mol. The number of piperidine rings is 1. The van der Waals surface area contributed by atoms with E-state index in [1.54, 1.807) is 16.4 Å². The van der Waals surface area contributed by atoms with Gasteiger partial charge < -0.3 is 0 Å². The summed E-state index contributed by atoms with van der Waals surface area (Å²) in [5, 5.41) is 0. The Kier molecular flexibility index (Phi) is 4.86. The fraction of sp³-hybridized carbons (Fsp3) is 0.625. The van der Waals surface area contributed by atoms with E-state index in [4.69, 9.17) is 0 Å². The summed E-state index contributed by atoms with van der Waals surface area (Å²) >= 11 is 0. The Bertz CT molecular complexity index is 534. The van der Waals surface area contributed by atoms with Gasteiger partial charge in [-0.3, -0.25) is 0 Å². The van der Waals surface area contributed by atoms with Crippen LogP contribution in [-0.2, 0) is 10.0 Å². The van der Waals surface area contributed by atoms with Crippen molar-refractivity contribution < 1.29 is 8.42 Å². The van der Waals surface area contributed by atoms with Gasteiger partial charge in [0.1, 0.15) is 0 Å². The molecule has 0 saturated carbocycles. The van der Waals surface area contributed by atoms with Gasteiger partial charge >= 0.3 is 0 Å². The van der Waals surface area contributed by atoms with Crippen LogP contribution >= 0.6 is 0 Å². The average Bonchev–Trinajstić information content (AvgIpc) is 2.47. The van der Waals surface area contributed by atoms with Gasteiger partial charge in [-0.25, -0.2) is 8.42 Å². The van der Waals surface area contributed by atoms with Crippen molar-refractivity contribution in [3.63, 3.8) is 0 Å². The summed E-state index contributed by atoms with van der Waals surface area (Å²) in [6, 6.07) is 7.54. The molecule has 1 aromatic rings. The van der Waals surface area contributed by atoms with E-state index in [-0.39, 0.29) is 6.04 Å². The molecule has 1 aromatic carbocycles. The topological polar surface area (TPSA) is 37.4 Å². The van der Waals surface area contributed by atoms with Crippen LogP contribution in [0.25, 0.3) is 0 Å². The van der Waals surface area contributed by atoms with Crippen molar-refractivity contribution in [2.75, 3.05) is 6.54 Å². The Balaban J connectivity index is 2.29. The van der Waals surface area contributed by atoms with Gasteiger partial charge in [0.2, 0.25) is 10.0 Å². The summed E-state index contributed by atoms with van der Waals surface area (Å²) in [4.78, 5) is 0.433. The third-order valence-electron chi connectivity index (χ3n) is 4.20. The highest BCUT2D eigenvalue weighted by molar-refractivity contribution is 7.89. The molecule has 1 heterocycles. The zero-order chi connectivity index (χ0) is 14.8. The highest BCUT2D eigenvalue weighted by Gasteiger charge is 2.32. The third kappa shape index (κ3) is 3.07. The zero-order valence-corrected chi connectivity index (χ0v) is 13.5. The molecule has 112 valence electrons. The molecule has 1 unspecified atom stereocenters. The molecule has 1 aliphatic rings. The number of sulfonamides is 1. The molecule has 0 bridgehead atoms. The molecule has 1 saturated heterocycles. The molecule has 1 aliphatic heterocycles. The van der Waals surface area contributed by atoms with E-state index in [9.17, 15) is 8.42 Å². The summed E-state index contributed by atoms with van der Waals surface area (Å²) in [5.74, 6) is 0.421. The Morgan fingerprint density at radius 2 is 1.85 bits per heavy atom. The van der Waals surface area contributed by atoms with Crippen LogP contribution < -0.4 is 0 Å². The minimum Gasteiger partial charge on any atom is -0.207 e. The molecule has 0 spiro atoms. The molecular weight excluding hydrogens is 270 g/mol. The maximum atomic E-state index is 12.8. The van der Waals surface area contributed by atoms with Gasteiger partial charge in [0.05, 0.1) is 4.90 Å². The fourth-order valence-electron chi connectivity index (χ4n) is 2.86. The van der Waals surface area contributed by atoms with Crippen LogP contribution in [-0.4, -0.2) is 25.3 Å². The summed E-state index contributed by atoms with van der Waals surface area (Å²) in [6.45, 7) is 6.95. The van der Waals surface area contributed by atoms with Crippen molar-refractivity contribution in [1.29, 1.82) is 0 Å². The maximum absolute atomic E-state index is 12.8. The first-order chi connectivity index (χ1) is 9.46. The number of hydrogen-bond donors (Lipinski definition) is 0. The lowest BCUT2D eigenvalue weighted by atomic mass is 10.0. The van der Waals surface area contributed by atoms with Gasteiger partial charge in [0.15, 0.2) is 0 Å². The summed E-state index contributed by atoms with van der Waals surface area (Å²) in [5.41, 5.74) is 1.18. The Hall–Kier alpha value is -0.870. The Morgan fingerprint density at radius 1 is 1.20 bits per heavy atom. The van der Waals surface area contributed by atoms with Crippen LogP contribution in [0.5, 0.6) is 0 Å². The van der Waals surface area contributed by atoms with Crippen molar-refractivity contribution in [3.05, 3.63) is 29.8 Å². The molecule has 0 aromatic heterocycles. The molecule has 0 N–H and O–H groups in total. The normalized spacial score (nSPS) is 21.3. The maximum Gasteiger partial charge on any atom is 0.243 e. The lowest BCUT2D eigenvalue weighted by molar-refractivity contribution is 0.246. The minimum atomic E-state index is -3.33. The van der Waals surface area contributed by atoms with E-state index in [1.165, 1.54) is 5.56 Å². The van der Waals surface area contributed by atoms with Gasteiger partial charge in [-0.05, 0) is 42.9 Å². The van der Waals surface area contributed by atoms with E-state index in [0.717, 1.165) is 25.7 Å². The lowest BCUT2D eigenvalue weighted by Gasteiger charge is -2.34. The summed E-state index contributed by atoms with van der Waals surface area (Å²) in [7, 11) is -3.33. The predicted molar refractivity (Wildman–Crippen MR) is 82.4 cm³/mol. The van der Waals surface area contributed by atoms with E-state index in [0.29, 0.717) is 17.4 Å². The first-order valence-electron chi connectivity index (χ1n) is 7.58. The van der Waals surface area contributed by atoms with Gasteiger partial charge in [0.25, 0.3) is 0 Å². The van der Waals surface area contributed by atoms with Crippen LogP contribution in [0.2, 0.25) is 0 Å². The smallest absolute Gasteiger partial charge is 0.207 e.